The van der Waals surface area contributed by atoms with Crippen LogP contribution in [-0.2, 0) is 12.6 Å². The van der Waals surface area contributed by atoms with E-state index in [-0.39, 0.29) is 6.54 Å². The molecular weight excluding hydrogens is 352 g/mol. The fourth-order valence-corrected chi connectivity index (χ4v) is 2.46. The number of hydrogen-bond acceptors (Lipinski definition) is 2. The highest BCUT2D eigenvalue weighted by Gasteiger charge is 2.35. The van der Waals surface area contributed by atoms with Gasteiger partial charge in [0, 0.05) is 29.0 Å². The maximum Gasteiger partial charge on any atom is 0.417 e. The fourth-order valence-electron chi connectivity index (χ4n) is 1.95. The summed E-state index contributed by atoms with van der Waals surface area (Å²) in [6, 6.07) is 5.67. The molecule has 122 valence electrons. The van der Waals surface area contributed by atoms with E-state index in [1.54, 1.807) is 18.2 Å². The number of pyridine rings is 1. The Morgan fingerprint density at radius 2 is 1.96 bits per heavy atom. The fraction of sp³-hybridized carbons (Fsp3) is 0.200. The monoisotopic (exact) mass is 362 g/mol. The van der Waals surface area contributed by atoms with Crippen LogP contribution in [0.5, 0.6) is 0 Å². The minimum Gasteiger partial charge on any atom is -0.352 e. The molecule has 23 heavy (non-hydrogen) atoms. The van der Waals surface area contributed by atoms with Crippen LogP contribution < -0.4 is 5.32 Å². The van der Waals surface area contributed by atoms with E-state index < -0.39 is 23.2 Å². The molecule has 0 unspecified atom stereocenters. The zero-order valence-corrected chi connectivity index (χ0v) is 13.1. The second-order valence-corrected chi connectivity index (χ2v) is 5.50. The number of hydrogen-bond donors (Lipinski definition) is 1. The first-order valence-electron chi connectivity index (χ1n) is 6.52. The molecule has 0 radical (unpaired) electrons. The zero-order valence-electron chi connectivity index (χ0n) is 11.6. The van der Waals surface area contributed by atoms with Crippen LogP contribution >= 0.6 is 23.2 Å². The Kier molecular flexibility index (Phi) is 5.49. The lowest BCUT2D eigenvalue weighted by Gasteiger charge is -2.12. The van der Waals surface area contributed by atoms with Crippen molar-refractivity contribution in [3.05, 3.63) is 63.4 Å². The van der Waals surface area contributed by atoms with Gasteiger partial charge < -0.3 is 5.32 Å². The molecule has 0 aliphatic heterocycles. The van der Waals surface area contributed by atoms with Crippen LogP contribution in [0.1, 0.15) is 21.5 Å². The molecule has 0 atom stereocenters. The number of benzene rings is 1. The van der Waals surface area contributed by atoms with E-state index in [0.717, 1.165) is 24.0 Å². The number of carbonyl (C=O) groups excluding carboxylic acids is 1. The van der Waals surface area contributed by atoms with E-state index >= 15 is 0 Å². The molecule has 8 heteroatoms. The summed E-state index contributed by atoms with van der Waals surface area (Å²) in [5, 5.41) is 3.35. The number of amides is 1. The Morgan fingerprint density at radius 1 is 1.22 bits per heavy atom. The highest BCUT2D eigenvalue weighted by atomic mass is 35.5. The molecular formula is C15H11Cl2F3N2O. The lowest BCUT2D eigenvalue weighted by molar-refractivity contribution is -0.138. The number of halogens is 5. The van der Waals surface area contributed by atoms with Crippen molar-refractivity contribution in [1.82, 2.24) is 10.3 Å². The Hall–Kier alpha value is -1.79. The van der Waals surface area contributed by atoms with Gasteiger partial charge in [0.2, 0.25) is 0 Å². The van der Waals surface area contributed by atoms with Crippen molar-refractivity contribution in [2.75, 3.05) is 6.54 Å². The van der Waals surface area contributed by atoms with E-state index in [1.165, 1.54) is 0 Å². The maximum absolute atomic E-state index is 12.8. The number of carbonyl (C=O) groups is 1. The Labute approximate surface area is 140 Å². The molecule has 1 amide bonds. The molecule has 1 aromatic heterocycles. The minimum absolute atomic E-state index is 0.131. The predicted octanol–water partition coefficient (Wildman–Crippen LogP) is 4.38. The topological polar surface area (TPSA) is 42.0 Å². The standard InChI is InChI=1S/C15H11Cl2F3N2O/c16-10-2-1-9(13(17)7-10)3-6-22-14(23)11-8-21-5-4-12(11)15(18,19)20/h1-2,4-5,7-8H,3,6H2,(H,22,23). The zero-order chi connectivity index (χ0) is 17.0. The van der Waals surface area contributed by atoms with Gasteiger partial charge in [0.15, 0.2) is 0 Å². The van der Waals surface area contributed by atoms with Crippen molar-refractivity contribution in [3.8, 4) is 0 Å². The average molecular weight is 363 g/mol. The molecule has 0 bridgehead atoms. The van der Waals surface area contributed by atoms with Gasteiger partial charge >= 0.3 is 6.18 Å². The van der Waals surface area contributed by atoms with Crippen molar-refractivity contribution in [2.45, 2.75) is 12.6 Å². The third kappa shape index (κ3) is 4.59. The van der Waals surface area contributed by atoms with E-state index in [2.05, 4.69) is 10.3 Å². The molecule has 2 rings (SSSR count). The summed E-state index contributed by atoms with van der Waals surface area (Å²) in [6.45, 7) is 0.131. The van der Waals surface area contributed by atoms with Gasteiger partial charge in [-0.05, 0) is 30.2 Å². The molecule has 0 saturated heterocycles. The number of alkyl halides is 3. The van der Waals surface area contributed by atoms with Gasteiger partial charge in [-0.15, -0.1) is 0 Å². The van der Waals surface area contributed by atoms with E-state index in [0.29, 0.717) is 16.5 Å². The highest BCUT2D eigenvalue weighted by molar-refractivity contribution is 6.35. The molecule has 3 nitrogen and oxygen atoms in total. The second-order valence-electron chi connectivity index (χ2n) is 4.66. The molecule has 1 N–H and O–H groups in total. The van der Waals surface area contributed by atoms with Gasteiger partial charge in [0.05, 0.1) is 11.1 Å². The number of nitrogens with one attached hydrogen (secondary N) is 1. The summed E-state index contributed by atoms with van der Waals surface area (Å²) >= 11 is 11.8. The molecule has 1 aromatic carbocycles. The number of rotatable bonds is 4. The minimum atomic E-state index is -4.62. The predicted molar refractivity (Wildman–Crippen MR) is 81.7 cm³/mol. The molecule has 1 heterocycles. The van der Waals surface area contributed by atoms with Gasteiger partial charge in [0.25, 0.3) is 5.91 Å². The molecule has 0 aliphatic rings. The molecule has 0 spiro atoms. The summed E-state index contributed by atoms with van der Waals surface area (Å²) in [6.07, 6.45) is -2.36. The maximum atomic E-state index is 12.8. The van der Waals surface area contributed by atoms with Crippen molar-refractivity contribution < 1.29 is 18.0 Å². The van der Waals surface area contributed by atoms with E-state index in [1.807, 2.05) is 0 Å². The molecule has 0 saturated carbocycles. The van der Waals surface area contributed by atoms with Crippen LogP contribution in [0.25, 0.3) is 0 Å². The van der Waals surface area contributed by atoms with Crippen LogP contribution in [0, 0.1) is 0 Å². The average Bonchev–Trinajstić information content (AvgIpc) is 2.48. The van der Waals surface area contributed by atoms with Crippen LogP contribution in [0.3, 0.4) is 0 Å². The van der Waals surface area contributed by atoms with E-state index in [9.17, 15) is 18.0 Å². The summed E-state index contributed by atoms with van der Waals surface area (Å²) in [7, 11) is 0. The largest absolute Gasteiger partial charge is 0.417 e. The van der Waals surface area contributed by atoms with Crippen molar-refractivity contribution in [3.63, 3.8) is 0 Å². The Balaban J connectivity index is 2.03. The van der Waals surface area contributed by atoms with Crippen molar-refractivity contribution in [2.24, 2.45) is 0 Å². The quantitative estimate of drug-likeness (QED) is 0.876. The van der Waals surface area contributed by atoms with E-state index in [4.69, 9.17) is 23.2 Å². The van der Waals surface area contributed by atoms with Crippen LogP contribution in [0.15, 0.2) is 36.7 Å². The highest BCUT2D eigenvalue weighted by Crippen LogP contribution is 2.31. The normalized spacial score (nSPS) is 11.3. The lowest BCUT2D eigenvalue weighted by atomic mass is 10.1. The van der Waals surface area contributed by atoms with Crippen LogP contribution in [-0.4, -0.2) is 17.4 Å². The summed E-state index contributed by atoms with van der Waals surface area (Å²) < 4.78 is 38.5. The van der Waals surface area contributed by atoms with Gasteiger partial charge in [-0.3, -0.25) is 9.78 Å². The van der Waals surface area contributed by atoms with Crippen molar-refractivity contribution in [1.29, 1.82) is 0 Å². The van der Waals surface area contributed by atoms with Gasteiger partial charge in [0.1, 0.15) is 0 Å². The number of aromatic nitrogens is 1. The Morgan fingerprint density at radius 3 is 2.61 bits per heavy atom. The third-order valence-corrected chi connectivity index (χ3v) is 3.65. The van der Waals surface area contributed by atoms with Crippen molar-refractivity contribution >= 4 is 29.1 Å². The van der Waals surface area contributed by atoms with Gasteiger partial charge in [-0.1, -0.05) is 29.3 Å². The van der Waals surface area contributed by atoms with Crippen LogP contribution in [0.4, 0.5) is 13.2 Å². The third-order valence-electron chi connectivity index (χ3n) is 3.07. The van der Waals surface area contributed by atoms with Gasteiger partial charge in [-0.25, -0.2) is 0 Å². The summed E-state index contributed by atoms with van der Waals surface area (Å²) in [5.74, 6) is -0.837. The lowest BCUT2D eigenvalue weighted by Crippen LogP contribution is -2.28. The summed E-state index contributed by atoms with van der Waals surface area (Å²) in [5.41, 5.74) is -0.796. The second kappa shape index (κ2) is 7.19. The molecule has 0 aliphatic carbocycles. The van der Waals surface area contributed by atoms with Gasteiger partial charge in [-0.2, -0.15) is 13.2 Å². The first-order chi connectivity index (χ1) is 10.8. The van der Waals surface area contributed by atoms with Crippen LogP contribution in [0.2, 0.25) is 10.0 Å². The SMILES string of the molecule is O=C(NCCc1ccc(Cl)cc1Cl)c1cnccc1C(F)(F)F. The first-order valence-corrected chi connectivity index (χ1v) is 7.28. The number of nitrogens with zero attached hydrogens (tertiary/aromatic N) is 1. The molecule has 0 fully saturated rings. The smallest absolute Gasteiger partial charge is 0.352 e. The first kappa shape index (κ1) is 17.6. The summed E-state index contributed by atoms with van der Waals surface area (Å²) in [4.78, 5) is 15.5. The Bertz CT molecular complexity index is 720. The molecule has 2 aromatic rings.